The summed E-state index contributed by atoms with van der Waals surface area (Å²) < 4.78 is 25.5. The fourth-order valence-corrected chi connectivity index (χ4v) is 5.60. The molecule has 0 radical (unpaired) electrons. The summed E-state index contributed by atoms with van der Waals surface area (Å²) in [4.78, 5) is 16.1. The lowest BCUT2D eigenvalue weighted by Gasteiger charge is -2.40. The molecule has 0 spiro atoms. The molecule has 0 atom stereocenters. The summed E-state index contributed by atoms with van der Waals surface area (Å²) in [6, 6.07) is 13.0. The Hall–Kier alpha value is -2.44. The number of carbonyl (C=O) groups excluding carboxylic acids is 1. The molecular weight excluding hydrogens is 443 g/mol. The second-order valence-corrected chi connectivity index (χ2v) is 10.2. The van der Waals surface area contributed by atoms with Crippen molar-refractivity contribution in [1.82, 2.24) is 10.2 Å². The Balaban J connectivity index is 1.58. The van der Waals surface area contributed by atoms with Gasteiger partial charge in [-0.2, -0.15) is 0 Å². The second-order valence-electron chi connectivity index (χ2n) is 10.2. The highest BCUT2D eigenvalue weighted by Crippen LogP contribution is 2.41. The van der Waals surface area contributed by atoms with Gasteiger partial charge in [0.25, 0.3) is 0 Å². The van der Waals surface area contributed by atoms with Crippen LogP contribution >= 0.6 is 0 Å². The van der Waals surface area contributed by atoms with Crippen LogP contribution in [0.25, 0.3) is 11.1 Å². The average molecular weight is 483 g/mol. The maximum absolute atomic E-state index is 14.1. The van der Waals surface area contributed by atoms with Gasteiger partial charge in [0.15, 0.2) is 0 Å². The fraction of sp³-hybridized carbons (Fsp3) is 0.552. The van der Waals surface area contributed by atoms with Gasteiger partial charge in [-0.05, 0) is 101 Å². The number of piperidine rings is 1. The zero-order chi connectivity index (χ0) is 24.8. The predicted octanol–water partition coefficient (Wildman–Crippen LogP) is 5.22. The molecule has 0 aromatic heterocycles. The number of nitrogens with one attached hydrogen (secondary N) is 1. The molecule has 190 valence electrons. The lowest BCUT2D eigenvalue weighted by atomic mass is 9.68. The largest absolute Gasteiger partial charge is 0.493 e. The normalized spacial score (nSPS) is 23.7. The molecule has 1 amide bonds. The number of rotatable bonds is 8. The van der Waals surface area contributed by atoms with Gasteiger partial charge in [-0.3, -0.25) is 4.79 Å². The highest BCUT2D eigenvalue weighted by Gasteiger charge is 2.42. The minimum Gasteiger partial charge on any atom is -0.493 e. The van der Waals surface area contributed by atoms with Gasteiger partial charge in [-0.25, -0.2) is 4.39 Å². The van der Waals surface area contributed by atoms with E-state index >= 15 is 0 Å². The predicted molar refractivity (Wildman–Crippen MR) is 137 cm³/mol. The van der Waals surface area contributed by atoms with E-state index in [9.17, 15) is 9.18 Å². The summed E-state index contributed by atoms with van der Waals surface area (Å²) in [6.07, 6.45) is 6.24. The quantitative estimate of drug-likeness (QED) is 0.561. The third-order valence-corrected chi connectivity index (χ3v) is 7.78. The van der Waals surface area contributed by atoms with Gasteiger partial charge in [0, 0.05) is 18.7 Å². The molecule has 4 rings (SSSR count). The molecule has 35 heavy (non-hydrogen) atoms. The summed E-state index contributed by atoms with van der Waals surface area (Å²) in [6.45, 7) is 4.47. The molecule has 1 saturated carbocycles. The topological polar surface area (TPSA) is 50.8 Å². The van der Waals surface area contributed by atoms with Crippen molar-refractivity contribution in [2.24, 2.45) is 5.41 Å². The molecule has 0 unspecified atom stereocenters. The number of ether oxygens (including phenoxy) is 2. The van der Waals surface area contributed by atoms with Crippen LogP contribution in [0.1, 0.15) is 51.0 Å². The summed E-state index contributed by atoms with van der Waals surface area (Å²) in [5.41, 5.74) is 2.27. The Morgan fingerprint density at radius 3 is 2.54 bits per heavy atom. The number of likely N-dealkylation sites (tertiary alicyclic amines) is 1. The highest BCUT2D eigenvalue weighted by molar-refractivity contribution is 5.83. The summed E-state index contributed by atoms with van der Waals surface area (Å²) in [7, 11) is 3.89. The van der Waals surface area contributed by atoms with E-state index in [0.717, 1.165) is 68.3 Å². The molecule has 6 heteroatoms. The number of hydrogen-bond acceptors (Lipinski definition) is 4. The first-order valence-electron chi connectivity index (χ1n) is 13.0. The van der Waals surface area contributed by atoms with Crippen molar-refractivity contribution in [3.05, 3.63) is 53.8 Å². The molecule has 2 aliphatic rings. The van der Waals surface area contributed by atoms with Crippen LogP contribution in [-0.4, -0.2) is 56.8 Å². The number of hydrogen-bond donors (Lipinski definition) is 1. The molecule has 0 bridgehead atoms. The van der Waals surface area contributed by atoms with Crippen molar-refractivity contribution in [3.8, 4) is 16.9 Å². The Labute approximate surface area is 209 Å². The SMILES string of the molecule is CCOc1ccc(F)cc1-c1cccc(CC2(C(=O)NC3CCN(C)CC3)CCC(OC)CC2)c1. The summed E-state index contributed by atoms with van der Waals surface area (Å²) in [5.74, 6) is 0.551. The van der Waals surface area contributed by atoms with E-state index < -0.39 is 5.41 Å². The van der Waals surface area contributed by atoms with Crippen molar-refractivity contribution in [3.63, 3.8) is 0 Å². The van der Waals surface area contributed by atoms with Crippen LogP contribution in [0.2, 0.25) is 0 Å². The first-order valence-corrected chi connectivity index (χ1v) is 13.0. The van der Waals surface area contributed by atoms with E-state index in [2.05, 4.69) is 29.4 Å². The second kappa shape index (κ2) is 11.5. The lowest BCUT2D eigenvalue weighted by molar-refractivity contribution is -0.135. The maximum Gasteiger partial charge on any atom is 0.226 e. The van der Waals surface area contributed by atoms with Gasteiger partial charge >= 0.3 is 0 Å². The monoisotopic (exact) mass is 482 g/mol. The highest BCUT2D eigenvalue weighted by atomic mass is 19.1. The number of benzene rings is 2. The van der Waals surface area contributed by atoms with Crippen molar-refractivity contribution >= 4 is 5.91 Å². The Kier molecular flexibility index (Phi) is 8.45. The minimum absolute atomic E-state index is 0.174. The lowest BCUT2D eigenvalue weighted by Crippen LogP contribution is -2.51. The molecule has 1 heterocycles. The van der Waals surface area contributed by atoms with E-state index in [4.69, 9.17) is 9.47 Å². The molecule has 1 N–H and O–H groups in total. The van der Waals surface area contributed by atoms with E-state index in [-0.39, 0.29) is 23.9 Å². The standard InChI is InChI=1S/C29H39FN2O3/c1-4-35-27-9-8-23(30)19-26(27)22-7-5-6-21(18-22)20-29(14-10-25(34-3)11-15-29)28(33)31-24-12-16-32(2)17-13-24/h5-9,18-19,24-25H,4,10-17,20H2,1-3H3,(H,31,33). The number of halogens is 1. The third kappa shape index (κ3) is 6.22. The van der Waals surface area contributed by atoms with Crippen molar-refractivity contribution in [1.29, 1.82) is 0 Å². The number of amides is 1. The molecule has 2 fully saturated rings. The zero-order valence-electron chi connectivity index (χ0n) is 21.3. The Morgan fingerprint density at radius 1 is 1.11 bits per heavy atom. The fourth-order valence-electron chi connectivity index (χ4n) is 5.60. The van der Waals surface area contributed by atoms with Gasteiger partial charge < -0.3 is 19.7 Å². The van der Waals surface area contributed by atoms with Gasteiger partial charge in [0.2, 0.25) is 5.91 Å². The van der Waals surface area contributed by atoms with Crippen LogP contribution in [-0.2, 0) is 16.0 Å². The Morgan fingerprint density at radius 2 is 1.86 bits per heavy atom. The first kappa shape index (κ1) is 25.6. The molecule has 5 nitrogen and oxygen atoms in total. The van der Waals surface area contributed by atoms with Crippen molar-refractivity contribution < 1.29 is 18.7 Å². The van der Waals surface area contributed by atoms with Gasteiger partial charge in [0.05, 0.1) is 18.1 Å². The molecule has 2 aromatic carbocycles. The van der Waals surface area contributed by atoms with Crippen molar-refractivity contribution in [2.45, 2.75) is 64.0 Å². The van der Waals surface area contributed by atoms with Gasteiger partial charge in [-0.15, -0.1) is 0 Å². The van der Waals surface area contributed by atoms with Crippen LogP contribution < -0.4 is 10.1 Å². The van der Waals surface area contributed by atoms with E-state index in [1.807, 2.05) is 19.1 Å². The van der Waals surface area contributed by atoms with Crippen LogP contribution in [0.5, 0.6) is 5.75 Å². The van der Waals surface area contributed by atoms with E-state index in [1.54, 1.807) is 13.2 Å². The Bertz CT molecular complexity index is 995. The van der Waals surface area contributed by atoms with E-state index in [1.165, 1.54) is 12.1 Å². The molecule has 1 saturated heterocycles. The first-order chi connectivity index (χ1) is 16.9. The van der Waals surface area contributed by atoms with Crippen LogP contribution in [0.3, 0.4) is 0 Å². The smallest absolute Gasteiger partial charge is 0.226 e. The van der Waals surface area contributed by atoms with Crippen LogP contribution in [0, 0.1) is 11.2 Å². The number of nitrogens with zero attached hydrogens (tertiary/aromatic N) is 1. The van der Waals surface area contributed by atoms with Crippen molar-refractivity contribution in [2.75, 3.05) is 33.9 Å². The molecular formula is C29H39FN2O3. The average Bonchev–Trinajstić information content (AvgIpc) is 2.87. The van der Waals surface area contributed by atoms with Crippen LogP contribution in [0.15, 0.2) is 42.5 Å². The molecule has 1 aliphatic carbocycles. The molecule has 2 aromatic rings. The van der Waals surface area contributed by atoms with Gasteiger partial charge in [0.1, 0.15) is 11.6 Å². The summed E-state index contributed by atoms with van der Waals surface area (Å²) >= 11 is 0. The van der Waals surface area contributed by atoms with Crippen LogP contribution in [0.4, 0.5) is 4.39 Å². The number of methoxy groups -OCH3 is 1. The van der Waals surface area contributed by atoms with Gasteiger partial charge in [-0.1, -0.05) is 24.3 Å². The molecule has 1 aliphatic heterocycles. The number of carbonyl (C=O) groups is 1. The van der Waals surface area contributed by atoms with E-state index in [0.29, 0.717) is 18.8 Å². The minimum atomic E-state index is -0.457. The third-order valence-electron chi connectivity index (χ3n) is 7.78. The summed E-state index contributed by atoms with van der Waals surface area (Å²) in [5, 5.41) is 3.41. The zero-order valence-corrected chi connectivity index (χ0v) is 21.3. The maximum atomic E-state index is 14.1.